The number of aromatic nitrogens is 2. The molecule has 0 saturated carbocycles. The van der Waals surface area contributed by atoms with Gasteiger partial charge < -0.3 is 4.74 Å². The zero-order valence-electron chi connectivity index (χ0n) is 15.1. The van der Waals surface area contributed by atoms with E-state index in [1.165, 1.54) is 0 Å². The van der Waals surface area contributed by atoms with Crippen LogP contribution in [0.4, 0.5) is 8.78 Å². The van der Waals surface area contributed by atoms with E-state index in [1.807, 2.05) is 25.1 Å². The number of nitrogens with zero attached hydrogens (tertiary/aromatic N) is 3. The average molecular weight is 361 g/mol. The molecule has 6 heteroatoms. The van der Waals surface area contributed by atoms with Crippen LogP contribution in [0, 0.1) is 0 Å². The maximum Gasteiger partial charge on any atom is 0.293 e. The lowest BCUT2D eigenvalue weighted by Crippen LogP contribution is -2.39. The molecule has 0 N–H and O–H groups in total. The first kappa shape index (κ1) is 18.7. The Morgan fingerprint density at radius 2 is 2.00 bits per heavy atom. The summed E-state index contributed by atoms with van der Waals surface area (Å²) in [6.07, 6.45) is 5.15. The van der Waals surface area contributed by atoms with E-state index in [2.05, 4.69) is 9.97 Å². The first-order valence-corrected chi connectivity index (χ1v) is 9.17. The van der Waals surface area contributed by atoms with Crippen LogP contribution in [0.5, 0.6) is 5.75 Å². The Morgan fingerprint density at radius 3 is 2.77 bits per heavy atom. The molecule has 26 heavy (non-hydrogen) atoms. The molecular formula is C20H25F2N3O. The highest BCUT2D eigenvalue weighted by Gasteiger charge is 2.33. The zero-order valence-corrected chi connectivity index (χ0v) is 15.1. The predicted octanol–water partition coefficient (Wildman–Crippen LogP) is 3.74. The van der Waals surface area contributed by atoms with E-state index < -0.39 is 12.5 Å². The Kier molecular flexibility index (Phi) is 6.14. The molecule has 0 aliphatic carbocycles. The van der Waals surface area contributed by atoms with Crippen LogP contribution in [0.2, 0.25) is 0 Å². The van der Waals surface area contributed by atoms with Crippen LogP contribution in [-0.4, -0.2) is 47.0 Å². The van der Waals surface area contributed by atoms with Gasteiger partial charge in [0.25, 0.3) is 5.92 Å². The quantitative estimate of drug-likeness (QED) is 0.718. The Morgan fingerprint density at radius 1 is 1.19 bits per heavy atom. The normalized spacial score (nSPS) is 15.3. The van der Waals surface area contributed by atoms with E-state index >= 15 is 0 Å². The smallest absolute Gasteiger partial charge is 0.293 e. The molecule has 140 valence electrons. The first-order valence-electron chi connectivity index (χ1n) is 9.17. The lowest BCUT2D eigenvalue weighted by molar-refractivity contribution is -0.0615. The van der Waals surface area contributed by atoms with Gasteiger partial charge in [-0.2, -0.15) is 0 Å². The van der Waals surface area contributed by atoms with Crippen LogP contribution in [0.1, 0.15) is 36.8 Å². The third-order valence-corrected chi connectivity index (χ3v) is 4.49. The largest absolute Gasteiger partial charge is 0.487 e. The molecule has 0 radical (unpaired) electrons. The van der Waals surface area contributed by atoms with Gasteiger partial charge in [0.1, 0.15) is 11.6 Å². The molecule has 1 aromatic heterocycles. The fourth-order valence-electron chi connectivity index (χ4n) is 3.15. The van der Waals surface area contributed by atoms with E-state index in [1.54, 1.807) is 23.2 Å². The van der Waals surface area contributed by atoms with Crippen molar-refractivity contribution in [3.05, 3.63) is 53.6 Å². The first-order chi connectivity index (χ1) is 12.5. The van der Waals surface area contributed by atoms with Crippen LogP contribution in [0.25, 0.3) is 0 Å². The van der Waals surface area contributed by atoms with Gasteiger partial charge in [0.2, 0.25) is 0 Å². The third-order valence-electron chi connectivity index (χ3n) is 4.49. The number of hydrogen-bond donors (Lipinski definition) is 0. The standard InChI is InChI=1S/C20H25F2N3O/c1-2-17-8-9-23-19(24-17)13-16-6-5-7-18(12-16)26-15-20(21,22)14-25-10-3-4-11-25/h5-9,12H,2-4,10-11,13-15H2,1H3. The van der Waals surface area contributed by atoms with Crippen molar-refractivity contribution in [2.75, 3.05) is 26.2 Å². The Bertz CT molecular complexity index is 718. The molecule has 0 atom stereocenters. The van der Waals surface area contributed by atoms with E-state index in [0.29, 0.717) is 12.2 Å². The van der Waals surface area contributed by atoms with Crippen LogP contribution in [-0.2, 0) is 12.8 Å². The van der Waals surface area contributed by atoms with Gasteiger partial charge in [-0.1, -0.05) is 19.1 Å². The number of hydrogen-bond acceptors (Lipinski definition) is 4. The van der Waals surface area contributed by atoms with Gasteiger partial charge in [-0.15, -0.1) is 0 Å². The topological polar surface area (TPSA) is 38.2 Å². The van der Waals surface area contributed by atoms with Crippen LogP contribution in [0.3, 0.4) is 0 Å². The SMILES string of the molecule is CCc1ccnc(Cc2cccc(OCC(F)(F)CN3CCCC3)c2)n1. The highest BCUT2D eigenvalue weighted by Crippen LogP contribution is 2.22. The summed E-state index contributed by atoms with van der Waals surface area (Å²) in [5, 5.41) is 0. The molecule has 1 saturated heterocycles. The molecule has 1 aromatic carbocycles. The molecule has 0 unspecified atom stereocenters. The molecule has 3 rings (SSSR count). The average Bonchev–Trinajstić information content (AvgIpc) is 3.13. The van der Waals surface area contributed by atoms with E-state index in [0.717, 1.165) is 49.4 Å². The predicted molar refractivity (Wildman–Crippen MR) is 96.8 cm³/mol. The minimum absolute atomic E-state index is 0.232. The third kappa shape index (κ3) is 5.46. The van der Waals surface area contributed by atoms with Crippen LogP contribution < -0.4 is 4.74 Å². The second kappa shape index (κ2) is 8.54. The van der Waals surface area contributed by atoms with Gasteiger partial charge in [0.05, 0.1) is 6.54 Å². The number of ether oxygens (including phenoxy) is 1. The Labute approximate surface area is 153 Å². The van der Waals surface area contributed by atoms with E-state index in [-0.39, 0.29) is 6.54 Å². The molecule has 0 spiro atoms. The fraction of sp³-hybridized carbons (Fsp3) is 0.500. The Balaban J connectivity index is 1.58. The molecule has 0 amide bonds. The van der Waals surface area contributed by atoms with E-state index in [9.17, 15) is 8.78 Å². The number of aryl methyl sites for hydroxylation is 1. The lowest BCUT2D eigenvalue weighted by atomic mass is 10.1. The van der Waals surface area contributed by atoms with Gasteiger partial charge >= 0.3 is 0 Å². The molecule has 1 aliphatic rings. The highest BCUT2D eigenvalue weighted by atomic mass is 19.3. The Hall–Kier alpha value is -2.08. The number of rotatable bonds is 8. The molecule has 4 nitrogen and oxygen atoms in total. The monoisotopic (exact) mass is 361 g/mol. The van der Waals surface area contributed by atoms with Crippen molar-refractivity contribution in [1.29, 1.82) is 0 Å². The summed E-state index contributed by atoms with van der Waals surface area (Å²) in [7, 11) is 0. The van der Waals surface area contributed by atoms with Gasteiger partial charge in [0, 0.05) is 18.3 Å². The number of likely N-dealkylation sites (tertiary alicyclic amines) is 1. The van der Waals surface area contributed by atoms with Crippen molar-refractivity contribution in [3.63, 3.8) is 0 Å². The molecule has 1 aliphatic heterocycles. The maximum atomic E-state index is 14.1. The van der Waals surface area contributed by atoms with Gasteiger partial charge in [-0.05, 0) is 56.1 Å². The van der Waals surface area contributed by atoms with Crippen molar-refractivity contribution in [2.24, 2.45) is 0 Å². The lowest BCUT2D eigenvalue weighted by Gasteiger charge is -2.23. The van der Waals surface area contributed by atoms with Crippen molar-refractivity contribution in [2.45, 2.75) is 38.5 Å². The highest BCUT2D eigenvalue weighted by molar-refractivity contribution is 5.30. The zero-order chi connectivity index (χ0) is 18.4. The summed E-state index contributed by atoms with van der Waals surface area (Å²) in [5.74, 6) is -1.67. The summed E-state index contributed by atoms with van der Waals surface area (Å²) < 4.78 is 33.6. The summed E-state index contributed by atoms with van der Waals surface area (Å²) in [6.45, 7) is 2.71. The fourth-order valence-corrected chi connectivity index (χ4v) is 3.15. The van der Waals surface area contributed by atoms with Crippen molar-refractivity contribution < 1.29 is 13.5 Å². The van der Waals surface area contributed by atoms with E-state index in [4.69, 9.17) is 4.74 Å². The molecule has 1 fully saturated rings. The van der Waals surface area contributed by atoms with Gasteiger partial charge in [-0.25, -0.2) is 18.7 Å². The summed E-state index contributed by atoms with van der Waals surface area (Å²) >= 11 is 0. The molecule has 2 heterocycles. The van der Waals surface area contributed by atoms with Crippen molar-refractivity contribution >= 4 is 0 Å². The maximum absolute atomic E-state index is 14.1. The van der Waals surface area contributed by atoms with Crippen LogP contribution in [0.15, 0.2) is 36.5 Å². The van der Waals surface area contributed by atoms with Crippen LogP contribution >= 0.6 is 0 Å². The molecule has 0 bridgehead atoms. The van der Waals surface area contributed by atoms with Gasteiger partial charge in [0.15, 0.2) is 6.61 Å². The molecular weight excluding hydrogens is 336 g/mol. The second-order valence-electron chi connectivity index (χ2n) is 6.77. The number of halogens is 2. The number of alkyl halides is 2. The van der Waals surface area contributed by atoms with Crippen molar-refractivity contribution in [1.82, 2.24) is 14.9 Å². The second-order valence-corrected chi connectivity index (χ2v) is 6.77. The van der Waals surface area contributed by atoms with Gasteiger partial charge in [-0.3, -0.25) is 4.90 Å². The number of benzene rings is 1. The molecule has 2 aromatic rings. The minimum Gasteiger partial charge on any atom is -0.487 e. The minimum atomic E-state index is -2.85. The van der Waals surface area contributed by atoms with Crippen molar-refractivity contribution in [3.8, 4) is 5.75 Å². The summed E-state index contributed by atoms with van der Waals surface area (Å²) in [6, 6.07) is 9.13. The summed E-state index contributed by atoms with van der Waals surface area (Å²) in [4.78, 5) is 10.6. The summed E-state index contributed by atoms with van der Waals surface area (Å²) in [5.41, 5.74) is 1.93.